The zero-order chi connectivity index (χ0) is 9.84. The number of rotatable bonds is 3. The van der Waals surface area contributed by atoms with Gasteiger partial charge < -0.3 is 10.4 Å². The van der Waals surface area contributed by atoms with Crippen molar-refractivity contribution >= 4 is 17.3 Å². The number of halogens is 1. The molecule has 2 unspecified atom stereocenters. The zero-order valence-electron chi connectivity index (χ0n) is 7.79. The summed E-state index contributed by atoms with van der Waals surface area (Å²) in [7, 11) is 0. The van der Waals surface area contributed by atoms with E-state index in [-0.39, 0.29) is 12.1 Å². The molecule has 1 aromatic rings. The molecule has 0 heterocycles. The van der Waals surface area contributed by atoms with E-state index in [1.807, 2.05) is 31.2 Å². The van der Waals surface area contributed by atoms with Crippen LogP contribution in [0.1, 0.15) is 13.8 Å². The van der Waals surface area contributed by atoms with Crippen LogP contribution in [-0.4, -0.2) is 17.3 Å². The van der Waals surface area contributed by atoms with Crippen molar-refractivity contribution < 1.29 is 5.11 Å². The Bertz CT molecular complexity index is 258. The molecule has 0 aliphatic carbocycles. The number of anilines is 1. The Kier molecular flexibility index (Phi) is 3.58. The minimum Gasteiger partial charge on any atom is -0.391 e. The second-order valence-corrected chi connectivity index (χ2v) is 3.62. The van der Waals surface area contributed by atoms with Crippen LogP contribution in [0.2, 0.25) is 5.02 Å². The molecule has 0 bridgehead atoms. The highest BCUT2D eigenvalue weighted by Crippen LogP contribution is 2.14. The summed E-state index contributed by atoms with van der Waals surface area (Å²) in [5.74, 6) is 0. The van der Waals surface area contributed by atoms with Crippen LogP contribution < -0.4 is 5.32 Å². The maximum atomic E-state index is 9.25. The maximum absolute atomic E-state index is 9.25. The molecule has 0 spiro atoms. The molecule has 0 aliphatic heterocycles. The normalized spacial score (nSPS) is 15.1. The Balaban J connectivity index is 2.59. The Morgan fingerprint density at radius 2 is 1.77 bits per heavy atom. The van der Waals surface area contributed by atoms with E-state index in [2.05, 4.69) is 5.32 Å². The lowest BCUT2D eigenvalue weighted by Crippen LogP contribution is -2.27. The number of aliphatic hydroxyl groups is 1. The minimum absolute atomic E-state index is 0.0428. The molecule has 13 heavy (non-hydrogen) atoms. The average molecular weight is 200 g/mol. The van der Waals surface area contributed by atoms with Gasteiger partial charge in [-0.05, 0) is 38.1 Å². The van der Waals surface area contributed by atoms with Crippen molar-refractivity contribution in [3.8, 4) is 0 Å². The van der Waals surface area contributed by atoms with Gasteiger partial charge in [-0.2, -0.15) is 0 Å². The number of benzene rings is 1. The number of hydrogen-bond acceptors (Lipinski definition) is 2. The highest BCUT2D eigenvalue weighted by molar-refractivity contribution is 6.30. The number of aliphatic hydroxyl groups excluding tert-OH is 1. The van der Waals surface area contributed by atoms with E-state index in [1.54, 1.807) is 6.92 Å². The molecule has 0 amide bonds. The van der Waals surface area contributed by atoms with Crippen molar-refractivity contribution in [1.29, 1.82) is 0 Å². The Morgan fingerprint density at radius 3 is 2.23 bits per heavy atom. The summed E-state index contributed by atoms with van der Waals surface area (Å²) in [5, 5.41) is 13.1. The SMILES string of the molecule is CC(O)C(C)Nc1ccc(Cl)cc1. The highest BCUT2D eigenvalue weighted by Gasteiger charge is 2.07. The van der Waals surface area contributed by atoms with Gasteiger partial charge in [0, 0.05) is 16.8 Å². The first kappa shape index (κ1) is 10.4. The van der Waals surface area contributed by atoms with Crippen LogP contribution in [0.4, 0.5) is 5.69 Å². The molecule has 1 rings (SSSR count). The Hall–Kier alpha value is -0.730. The average Bonchev–Trinajstić information content (AvgIpc) is 2.08. The first-order valence-corrected chi connectivity index (χ1v) is 4.67. The zero-order valence-corrected chi connectivity index (χ0v) is 8.55. The van der Waals surface area contributed by atoms with Crippen LogP contribution in [0.5, 0.6) is 0 Å². The van der Waals surface area contributed by atoms with E-state index in [4.69, 9.17) is 11.6 Å². The van der Waals surface area contributed by atoms with E-state index >= 15 is 0 Å². The summed E-state index contributed by atoms with van der Waals surface area (Å²) < 4.78 is 0. The molecule has 0 fully saturated rings. The number of hydrogen-bond donors (Lipinski definition) is 2. The van der Waals surface area contributed by atoms with Crippen LogP contribution in [-0.2, 0) is 0 Å². The Labute approximate surface area is 83.5 Å². The molecule has 2 atom stereocenters. The fourth-order valence-electron chi connectivity index (χ4n) is 0.930. The monoisotopic (exact) mass is 199 g/mol. The number of nitrogens with one attached hydrogen (secondary N) is 1. The van der Waals surface area contributed by atoms with Gasteiger partial charge in [0.15, 0.2) is 0 Å². The molecule has 72 valence electrons. The lowest BCUT2D eigenvalue weighted by molar-refractivity contribution is 0.178. The summed E-state index contributed by atoms with van der Waals surface area (Å²) in [5.41, 5.74) is 0.970. The van der Waals surface area contributed by atoms with Gasteiger partial charge in [0.25, 0.3) is 0 Å². The highest BCUT2D eigenvalue weighted by atomic mass is 35.5. The van der Waals surface area contributed by atoms with Gasteiger partial charge in [-0.3, -0.25) is 0 Å². The molecule has 2 nitrogen and oxygen atoms in total. The quantitative estimate of drug-likeness (QED) is 0.784. The van der Waals surface area contributed by atoms with Gasteiger partial charge in [-0.1, -0.05) is 11.6 Å². The van der Waals surface area contributed by atoms with E-state index < -0.39 is 0 Å². The van der Waals surface area contributed by atoms with Crippen molar-refractivity contribution in [2.75, 3.05) is 5.32 Å². The molecule has 3 heteroatoms. The van der Waals surface area contributed by atoms with Crippen LogP contribution in [0.25, 0.3) is 0 Å². The van der Waals surface area contributed by atoms with Crippen molar-refractivity contribution in [2.24, 2.45) is 0 Å². The molecule has 0 aliphatic rings. The second-order valence-electron chi connectivity index (χ2n) is 3.18. The van der Waals surface area contributed by atoms with Crippen molar-refractivity contribution in [3.63, 3.8) is 0 Å². The third-order valence-electron chi connectivity index (χ3n) is 1.96. The van der Waals surface area contributed by atoms with Gasteiger partial charge in [-0.25, -0.2) is 0 Å². The van der Waals surface area contributed by atoms with Gasteiger partial charge in [0.1, 0.15) is 0 Å². The lowest BCUT2D eigenvalue weighted by Gasteiger charge is -2.17. The largest absolute Gasteiger partial charge is 0.391 e. The minimum atomic E-state index is -0.365. The van der Waals surface area contributed by atoms with Crippen molar-refractivity contribution in [1.82, 2.24) is 0 Å². The second kappa shape index (κ2) is 4.49. The van der Waals surface area contributed by atoms with Gasteiger partial charge in [-0.15, -0.1) is 0 Å². The first-order chi connectivity index (χ1) is 6.09. The lowest BCUT2D eigenvalue weighted by atomic mass is 10.2. The van der Waals surface area contributed by atoms with E-state index in [9.17, 15) is 5.11 Å². The molecular formula is C10H14ClNO. The van der Waals surface area contributed by atoms with Gasteiger partial charge >= 0.3 is 0 Å². The molecule has 0 saturated carbocycles. The van der Waals surface area contributed by atoms with Gasteiger partial charge in [0.05, 0.1) is 6.10 Å². The smallest absolute Gasteiger partial charge is 0.0710 e. The summed E-state index contributed by atoms with van der Waals surface area (Å²) >= 11 is 5.73. The summed E-state index contributed by atoms with van der Waals surface area (Å²) in [6, 6.07) is 7.46. The fourth-order valence-corrected chi connectivity index (χ4v) is 1.06. The summed E-state index contributed by atoms with van der Waals surface area (Å²) in [6.07, 6.45) is -0.365. The fraction of sp³-hybridized carbons (Fsp3) is 0.400. The third kappa shape index (κ3) is 3.25. The molecule has 0 radical (unpaired) electrons. The summed E-state index contributed by atoms with van der Waals surface area (Å²) in [4.78, 5) is 0. The molecule has 2 N–H and O–H groups in total. The van der Waals surface area contributed by atoms with E-state index in [1.165, 1.54) is 0 Å². The van der Waals surface area contributed by atoms with Crippen LogP contribution in [0, 0.1) is 0 Å². The predicted molar refractivity (Wildman–Crippen MR) is 56.2 cm³/mol. The topological polar surface area (TPSA) is 32.3 Å². The summed E-state index contributed by atoms with van der Waals surface area (Å²) in [6.45, 7) is 3.69. The van der Waals surface area contributed by atoms with Gasteiger partial charge in [0.2, 0.25) is 0 Å². The molecule has 1 aromatic carbocycles. The Morgan fingerprint density at radius 1 is 1.23 bits per heavy atom. The van der Waals surface area contributed by atoms with E-state index in [0.717, 1.165) is 10.7 Å². The molecule has 0 aromatic heterocycles. The molecular weight excluding hydrogens is 186 g/mol. The van der Waals surface area contributed by atoms with Crippen LogP contribution >= 0.6 is 11.6 Å². The first-order valence-electron chi connectivity index (χ1n) is 4.30. The van der Waals surface area contributed by atoms with Crippen molar-refractivity contribution in [2.45, 2.75) is 26.0 Å². The predicted octanol–water partition coefficient (Wildman–Crippen LogP) is 2.52. The van der Waals surface area contributed by atoms with E-state index in [0.29, 0.717) is 0 Å². The maximum Gasteiger partial charge on any atom is 0.0710 e. The molecule has 0 saturated heterocycles. The van der Waals surface area contributed by atoms with Crippen LogP contribution in [0.3, 0.4) is 0 Å². The van der Waals surface area contributed by atoms with Crippen molar-refractivity contribution in [3.05, 3.63) is 29.3 Å². The standard InChI is InChI=1S/C10H14ClNO/c1-7(8(2)13)12-10-5-3-9(11)4-6-10/h3-8,12-13H,1-2H3. The third-order valence-corrected chi connectivity index (χ3v) is 2.21. The van der Waals surface area contributed by atoms with Crippen LogP contribution in [0.15, 0.2) is 24.3 Å².